The molecule has 1 saturated heterocycles. The van der Waals surface area contributed by atoms with Crippen LogP contribution in [0.1, 0.15) is 18.4 Å². The summed E-state index contributed by atoms with van der Waals surface area (Å²) in [6.07, 6.45) is 1.04. The highest BCUT2D eigenvalue weighted by molar-refractivity contribution is 6.39. The Kier molecular flexibility index (Phi) is 6.23. The number of hydrogen-bond donors (Lipinski definition) is 1. The maximum absolute atomic E-state index is 13.3. The van der Waals surface area contributed by atoms with E-state index in [1.54, 1.807) is 6.07 Å². The zero-order chi connectivity index (χ0) is 17.6. The van der Waals surface area contributed by atoms with Gasteiger partial charge in [0, 0.05) is 25.5 Å². The van der Waals surface area contributed by atoms with E-state index in [1.807, 2.05) is 0 Å². The molecule has 0 spiro atoms. The van der Waals surface area contributed by atoms with E-state index in [9.17, 15) is 9.18 Å². The van der Waals surface area contributed by atoms with Gasteiger partial charge in [0.25, 0.3) is 5.91 Å². The highest BCUT2D eigenvalue weighted by Crippen LogP contribution is 2.17. The number of rotatable bonds is 7. The summed E-state index contributed by atoms with van der Waals surface area (Å²) < 4.78 is 24.1. The Bertz CT molecular complexity index is 650. The molecule has 1 fully saturated rings. The smallest absolute Gasteiger partial charge is 0.269 e. The molecule has 1 aromatic rings. The Hall–Kier alpha value is -1.70. The van der Waals surface area contributed by atoms with Crippen molar-refractivity contribution in [2.75, 3.05) is 26.4 Å². The van der Waals surface area contributed by atoms with Crippen LogP contribution in [0.3, 0.4) is 0 Å². The zero-order valence-electron chi connectivity index (χ0n) is 13.7. The average molecular weight is 371 g/mol. The van der Waals surface area contributed by atoms with Crippen molar-refractivity contribution in [3.63, 3.8) is 0 Å². The zero-order valence-corrected chi connectivity index (χ0v) is 14.4. The third-order valence-electron chi connectivity index (χ3n) is 4.13. The van der Waals surface area contributed by atoms with E-state index in [0.29, 0.717) is 36.8 Å². The summed E-state index contributed by atoms with van der Waals surface area (Å²) >= 11 is 5.64. The van der Waals surface area contributed by atoms with Crippen molar-refractivity contribution in [1.82, 2.24) is 5.32 Å². The van der Waals surface area contributed by atoms with Gasteiger partial charge in [-0.05, 0) is 24.1 Å². The first-order valence-corrected chi connectivity index (χ1v) is 8.60. The number of carbonyl (C=O) groups excluding carboxylic acids is 1. The van der Waals surface area contributed by atoms with Crippen molar-refractivity contribution in [3.8, 4) is 0 Å². The number of halogens is 2. The summed E-state index contributed by atoms with van der Waals surface area (Å²) in [5.74, 6) is -0.324. The number of carbonyl (C=O) groups is 1. The lowest BCUT2D eigenvalue weighted by molar-refractivity contribution is -0.115. The molecule has 136 valence electrons. The Balaban J connectivity index is 1.35. The van der Waals surface area contributed by atoms with Gasteiger partial charge >= 0.3 is 0 Å². The molecule has 0 bridgehead atoms. The maximum atomic E-state index is 13.3. The fourth-order valence-corrected chi connectivity index (χ4v) is 2.79. The molecule has 2 atom stereocenters. The number of nitrogens with one attached hydrogen (secondary N) is 1. The Morgan fingerprint density at radius 2 is 2.36 bits per heavy atom. The van der Waals surface area contributed by atoms with Crippen molar-refractivity contribution in [2.45, 2.75) is 25.6 Å². The minimum atomic E-state index is -0.477. The van der Waals surface area contributed by atoms with Gasteiger partial charge in [0.2, 0.25) is 0 Å². The van der Waals surface area contributed by atoms with Crippen molar-refractivity contribution < 1.29 is 23.5 Å². The van der Waals surface area contributed by atoms with Crippen LogP contribution in [-0.2, 0) is 25.7 Å². The maximum Gasteiger partial charge on any atom is 0.269 e. The number of benzene rings is 1. The summed E-state index contributed by atoms with van der Waals surface area (Å²) in [5.41, 5.74) is 1.04. The van der Waals surface area contributed by atoms with Crippen LogP contribution in [0.25, 0.3) is 0 Å². The van der Waals surface area contributed by atoms with Gasteiger partial charge in [0.1, 0.15) is 11.5 Å². The van der Waals surface area contributed by atoms with Crippen molar-refractivity contribution in [3.05, 3.63) is 34.6 Å². The molecule has 1 amide bonds. The van der Waals surface area contributed by atoms with Crippen LogP contribution in [0, 0.1) is 11.7 Å². The average Bonchev–Trinajstić information content (AvgIpc) is 3.28. The predicted octanol–water partition coefficient (Wildman–Crippen LogP) is 2.29. The minimum absolute atomic E-state index is 0.0797. The van der Waals surface area contributed by atoms with Crippen LogP contribution in [0.5, 0.6) is 0 Å². The summed E-state index contributed by atoms with van der Waals surface area (Å²) in [6.45, 7) is 2.52. The first kappa shape index (κ1) is 18.1. The summed E-state index contributed by atoms with van der Waals surface area (Å²) in [6, 6.07) is 4.52. The summed E-state index contributed by atoms with van der Waals surface area (Å²) in [5, 5.41) is 6.77. The molecule has 8 heteroatoms. The fraction of sp³-hybridized carbons (Fsp3) is 0.529. The molecule has 25 heavy (non-hydrogen) atoms. The number of ether oxygens (including phenoxy) is 2. The molecular weight excluding hydrogens is 351 g/mol. The molecule has 2 unspecified atom stereocenters. The third-order valence-corrected chi connectivity index (χ3v) is 4.43. The lowest BCUT2D eigenvalue weighted by Crippen LogP contribution is -2.35. The highest BCUT2D eigenvalue weighted by atomic mass is 35.5. The molecule has 0 aromatic heterocycles. The van der Waals surface area contributed by atoms with Crippen LogP contribution in [-0.4, -0.2) is 44.1 Å². The van der Waals surface area contributed by atoms with Gasteiger partial charge in [0.15, 0.2) is 6.10 Å². The van der Waals surface area contributed by atoms with Gasteiger partial charge in [-0.3, -0.25) is 4.79 Å². The second kappa shape index (κ2) is 8.60. The first-order chi connectivity index (χ1) is 12.1. The van der Waals surface area contributed by atoms with E-state index >= 15 is 0 Å². The molecular formula is C17H20ClFN2O4. The summed E-state index contributed by atoms with van der Waals surface area (Å²) in [4.78, 5) is 17.3. The molecule has 3 rings (SSSR count). The molecule has 2 aliphatic rings. The first-order valence-electron chi connectivity index (χ1n) is 8.22. The Labute approximate surface area is 150 Å². The molecule has 1 N–H and O–H groups in total. The van der Waals surface area contributed by atoms with E-state index in [-0.39, 0.29) is 30.2 Å². The van der Waals surface area contributed by atoms with E-state index in [4.69, 9.17) is 25.9 Å². The molecule has 1 aromatic carbocycles. The van der Waals surface area contributed by atoms with Crippen molar-refractivity contribution in [2.24, 2.45) is 11.1 Å². The van der Waals surface area contributed by atoms with Gasteiger partial charge in [-0.25, -0.2) is 4.39 Å². The van der Waals surface area contributed by atoms with E-state index < -0.39 is 5.82 Å². The standard InChI is InChI=1S/C17H20ClFN2O4/c18-14-2-1-11(5-15(14)19)8-24-10-13-6-16(21-25-13)17(22)20-7-12-3-4-23-9-12/h1-2,5,12-13H,3-4,6-10H2,(H,20,22). The lowest BCUT2D eigenvalue weighted by Gasteiger charge is -2.10. The third kappa shape index (κ3) is 5.14. The largest absolute Gasteiger partial charge is 0.389 e. The van der Waals surface area contributed by atoms with Crippen LogP contribution in [0.4, 0.5) is 4.39 Å². The van der Waals surface area contributed by atoms with Crippen LogP contribution >= 0.6 is 11.6 Å². The number of amides is 1. The van der Waals surface area contributed by atoms with E-state index in [0.717, 1.165) is 13.0 Å². The monoisotopic (exact) mass is 370 g/mol. The minimum Gasteiger partial charge on any atom is -0.389 e. The topological polar surface area (TPSA) is 69.2 Å². The molecule has 2 aliphatic heterocycles. The van der Waals surface area contributed by atoms with Crippen molar-refractivity contribution in [1.29, 1.82) is 0 Å². The highest BCUT2D eigenvalue weighted by Gasteiger charge is 2.27. The van der Waals surface area contributed by atoms with E-state index in [2.05, 4.69) is 10.5 Å². The van der Waals surface area contributed by atoms with Crippen LogP contribution in [0.2, 0.25) is 5.02 Å². The predicted molar refractivity (Wildman–Crippen MR) is 89.9 cm³/mol. The second-order valence-electron chi connectivity index (χ2n) is 6.17. The Morgan fingerprint density at radius 3 is 3.12 bits per heavy atom. The van der Waals surface area contributed by atoms with Gasteiger partial charge in [-0.15, -0.1) is 0 Å². The van der Waals surface area contributed by atoms with Crippen LogP contribution < -0.4 is 5.32 Å². The number of oxime groups is 1. The fourth-order valence-electron chi connectivity index (χ4n) is 2.67. The molecule has 6 nitrogen and oxygen atoms in total. The van der Waals surface area contributed by atoms with Crippen LogP contribution in [0.15, 0.2) is 23.4 Å². The molecule has 0 radical (unpaired) electrons. The van der Waals surface area contributed by atoms with Gasteiger partial charge in [-0.2, -0.15) is 0 Å². The quantitative estimate of drug-likeness (QED) is 0.799. The second-order valence-corrected chi connectivity index (χ2v) is 6.58. The number of hydrogen-bond acceptors (Lipinski definition) is 5. The van der Waals surface area contributed by atoms with Gasteiger partial charge in [-0.1, -0.05) is 22.8 Å². The van der Waals surface area contributed by atoms with Gasteiger partial charge in [0.05, 0.1) is 24.8 Å². The van der Waals surface area contributed by atoms with E-state index in [1.165, 1.54) is 12.1 Å². The summed E-state index contributed by atoms with van der Waals surface area (Å²) in [7, 11) is 0. The normalized spacial score (nSPS) is 22.6. The molecule has 2 heterocycles. The molecule has 0 saturated carbocycles. The number of nitrogens with zero attached hydrogens (tertiary/aromatic N) is 1. The SMILES string of the molecule is O=C(NCC1CCOC1)C1=NOC(COCc2ccc(Cl)c(F)c2)C1. The van der Waals surface area contributed by atoms with Gasteiger partial charge < -0.3 is 19.6 Å². The Morgan fingerprint density at radius 1 is 1.48 bits per heavy atom. The molecule has 0 aliphatic carbocycles. The lowest BCUT2D eigenvalue weighted by atomic mass is 10.1. The van der Waals surface area contributed by atoms with Crippen molar-refractivity contribution >= 4 is 23.2 Å².